The largest absolute Gasteiger partial charge is 2.00 e. The van der Waals surface area contributed by atoms with Gasteiger partial charge in [-0.2, -0.15) is 0 Å². The Labute approximate surface area is 134 Å². The molecule has 0 atom stereocenters. The summed E-state index contributed by atoms with van der Waals surface area (Å²) in [5.41, 5.74) is 6.57. The quantitative estimate of drug-likeness (QED) is 0.234. The van der Waals surface area contributed by atoms with Crippen LogP contribution in [0.4, 0.5) is 5.69 Å². The third-order valence-corrected chi connectivity index (χ3v) is 2.48. The van der Waals surface area contributed by atoms with E-state index in [1.165, 1.54) is 0 Å². The number of anilines is 1. The van der Waals surface area contributed by atoms with Crippen molar-refractivity contribution >= 4 is 29.2 Å². The molecule has 1 aromatic heterocycles. The summed E-state index contributed by atoms with van der Waals surface area (Å²) in [5, 5.41) is 7.39. The molecular weight excluding hydrogens is 320 g/mol. The van der Waals surface area contributed by atoms with Gasteiger partial charge in [-0.05, 0) is 31.2 Å². The first kappa shape index (κ1) is 16.3. The number of thiol groups is 1. The number of nitrogens with one attached hydrogen (secondary N) is 1. The van der Waals surface area contributed by atoms with Gasteiger partial charge in [0.2, 0.25) is 5.11 Å². The predicted octanol–water partition coefficient (Wildman–Crippen LogP) is 2.57. The van der Waals surface area contributed by atoms with Crippen LogP contribution < -0.4 is 5.32 Å². The number of aromatic nitrogens is 1. The van der Waals surface area contributed by atoms with Gasteiger partial charge in [0.05, 0.1) is 5.69 Å². The second kappa shape index (κ2) is 8.43. The molecule has 0 aliphatic rings. The molecule has 0 saturated heterocycles. The fourth-order valence-electron chi connectivity index (χ4n) is 1.45. The van der Waals surface area contributed by atoms with Gasteiger partial charge in [-0.15, -0.1) is 0 Å². The Bertz CT molecular complexity index is 587. The molecule has 0 saturated carbocycles. The zero-order chi connectivity index (χ0) is 13.5. The summed E-state index contributed by atoms with van der Waals surface area (Å²) in [7, 11) is 0. The normalized spacial score (nSPS) is 9.85. The summed E-state index contributed by atoms with van der Waals surface area (Å²) in [6.07, 6.45) is 1.59. The van der Waals surface area contributed by atoms with Crippen LogP contribution in [0.15, 0.2) is 53.6 Å². The van der Waals surface area contributed by atoms with Crippen molar-refractivity contribution in [1.29, 1.82) is 0 Å². The van der Waals surface area contributed by atoms with Gasteiger partial charge >= 0.3 is 17.1 Å². The third-order valence-electron chi connectivity index (χ3n) is 2.28. The number of para-hydroxylation sites is 1. The van der Waals surface area contributed by atoms with Crippen molar-refractivity contribution in [3.63, 3.8) is 0 Å². The Balaban J connectivity index is 0.00000200. The number of nitrogens with zero attached hydrogens (tertiary/aromatic N) is 3. The van der Waals surface area contributed by atoms with Crippen LogP contribution in [0.3, 0.4) is 0 Å². The summed E-state index contributed by atoms with van der Waals surface area (Å²) in [4.78, 5) is 4.29. The Morgan fingerprint density at radius 3 is 2.65 bits per heavy atom. The summed E-state index contributed by atoms with van der Waals surface area (Å²) in [5.74, 6) is 0. The van der Waals surface area contributed by atoms with E-state index in [1.54, 1.807) is 6.21 Å². The van der Waals surface area contributed by atoms with Crippen LogP contribution in [0.25, 0.3) is 5.43 Å². The zero-order valence-electron chi connectivity index (χ0n) is 10.8. The Hall–Kier alpha value is -1.75. The van der Waals surface area contributed by atoms with E-state index in [4.69, 9.17) is 0 Å². The molecule has 2 rings (SSSR count). The molecule has 1 radical (unpaired) electrons. The first-order valence-corrected chi connectivity index (χ1v) is 6.24. The van der Waals surface area contributed by atoms with E-state index in [9.17, 15) is 0 Å². The topological polar surface area (TPSA) is 51.4 Å². The Morgan fingerprint density at radius 1 is 1.20 bits per heavy atom. The van der Waals surface area contributed by atoms with E-state index in [-0.39, 0.29) is 17.1 Å². The molecule has 0 amide bonds. The third kappa shape index (κ3) is 5.48. The van der Waals surface area contributed by atoms with Crippen molar-refractivity contribution in [2.75, 3.05) is 5.32 Å². The molecule has 20 heavy (non-hydrogen) atoms. The second-order valence-electron chi connectivity index (χ2n) is 3.86. The smallest absolute Gasteiger partial charge is 0.510 e. The van der Waals surface area contributed by atoms with Gasteiger partial charge in [0.25, 0.3) is 0 Å². The number of benzene rings is 1. The monoisotopic (exact) mass is 333 g/mol. The molecule has 1 heterocycles. The average molecular weight is 334 g/mol. The van der Waals surface area contributed by atoms with Gasteiger partial charge in [-0.1, -0.05) is 24.3 Å². The maximum Gasteiger partial charge on any atom is 2.00 e. The van der Waals surface area contributed by atoms with Crippen molar-refractivity contribution in [2.45, 2.75) is 6.92 Å². The van der Waals surface area contributed by atoms with Crippen LogP contribution in [0, 0.1) is 6.92 Å². The van der Waals surface area contributed by atoms with E-state index in [2.05, 4.69) is 33.0 Å². The maximum atomic E-state index is 4.29. The number of hydrogen-bond acceptors (Lipinski definition) is 2. The van der Waals surface area contributed by atoms with Crippen molar-refractivity contribution in [1.82, 2.24) is 4.98 Å². The van der Waals surface area contributed by atoms with Crippen LogP contribution >= 0.6 is 0 Å². The number of pyridine rings is 1. The molecule has 1 N–H and O–H groups in total. The molecular formula is C14H14CuN4S+2. The van der Waals surface area contributed by atoms with Crippen molar-refractivity contribution in [3.8, 4) is 0 Å². The van der Waals surface area contributed by atoms with Crippen LogP contribution in [-0.4, -0.2) is 16.3 Å². The molecule has 2 aromatic rings. The summed E-state index contributed by atoms with van der Waals surface area (Å²) >= 11 is 4.21. The van der Waals surface area contributed by atoms with Crippen molar-refractivity contribution in [2.24, 2.45) is 5.10 Å². The minimum atomic E-state index is 0. The van der Waals surface area contributed by atoms with Crippen molar-refractivity contribution in [3.05, 3.63) is 65.3 Å². The molecule has 6 heteroatoms. The summed E-state index contributed by atoms with van der Waals surface area (Å²) in [6, 6.07) is 15.4. The minimum absolute atomic E-state index is 0. The standard InChI is InChI=1S/C14H14N4S.Cu/c1-11-6-5-9-13(16-11)10-15-18-14(19)17-12-7-3-2-4-8-12;/h2-10H,1H3,(H2,16,17,18,19);/q;+2. The van der Waals surface area contributed by atoms with Gasteiger partial charge < -0.3 is 15.8 Å². The molecule has 0 unspecified atom stereocenters. The fourth-order valence-corrected chi connectivity index (χ4v) is 1.64. The van der Waals surface area contributed by atoms with Gasteiger partial charge in [0.15, 0.2) is 12.2 Å². The Kier molecular flexibility index (Phi) is 6.87. The average Bonchev–Trinajstić information content (AvgIpc) is 2.40. The SMILES string of the molecule is Cc1cccc(C=N[N-]C(=[SH+])Nc2ccccc2)n1.[Cu+2]. The first-order valence-electron chi connectivity index (χ1n) is 5.80. The number of aryl methyl sites for hydroxylation is 1. The molecule has 105 valence electrons. The van der Waals surface area contributed by atoms with E-state index >= 15 is 0 Å². The summed E-state index contributed by atoms with van der Waals surface area (Å²) < 4.78 is 0. The van der Waals surface area contributed by atoms with E-state index < -0.39 is 0 Å². The van der Waals surface area contributed by atoms with E-state index in [0.717, 1.165) is 17.1 Å². The molecule has 0 fully saturated rings. The molecule has 0 aliphatic heterocycles. The van der Waals surface area contributed by atoms with Crippen LogP contribution in [0.2, 0.25) is 0 Å². The van der Waals surface area contributed by atoms with E-state index in [0.29, 0.717) is 5.11 Å². The summed E-state index contributed by atoms with van der Waals surface area (Å²) in [6.45, 7) is 1.93. The van der Waals surface area contributed by atoms with Gasteiger partial charge in [-0.3, -0.25) is 4.98 Å². The van der Waals surface area contributed by atoms with Gasteiger partial charge in [0, 0.05) is 17.6 Å². The van der Waals surface area contributed by atoms with Gasteiger partial charge in [0.1, 0.15) is 0 Å². The van der Waals surface area contributed by atoms with E-state index in [1.807, 2.05) is 55.5 Å². The van der Waals surface area contributed by atoms with Crippen LogP contribution in [0.1, 0.15) is 11.4 Å². The molecule has 0 spiro atoms. The van der Waals surface area contributed by atoms with Gasteiger partial charge in [-0.25, -0.2) is 0 Å². The number of rotatable bonds is 3. The fraction of sp³-hybridized carbons (Fsp3) is 0.0714. The zero-order valence-corrected chi connectivity index (χ0v) is 12.6. The molecule has 4 nitrogen and oxygen atoms in total. The molecule has 0 aliphatic carbocycles. The van der Waals surface area contributed by atoms with Crippen LogP contribution in [0.5, 0.6) is 0 Å². The first-order chi connectivity index (χ1) is 9.24. The Morgan fingerprint density at radius 2 is 1.95 bits per heavy atom. The predicted molar refractivity (Wildman–Crippen MR) is 83.8 cm³/mol. The van der Waals surface area contributed by atoms with Crippen molar-refractivity contribution < 1.29 is 17.1 Å². The minimum Gasteiger partial charge on any atom is -0.510 e. The maximum absolute atomic E-state index is 4.29. The number of hydrogen-bond donors (Lipinski definition) is 1. The van der Waals surface area contributed by atoms with Crippen LogP contribution in [-0.2, 0) is 29.3 Å². The molecule has 1 aromatic carbocycles. The second-order valence-corrected chi connectivity index (χ2v) is 4.29. The molecule has 0 bridgehead atoms.